The van der Waals surface area contributed by atoms with Crippen LogP contribution in [0, 0.1) is 0 Å². The number of carbonyl (C=O) groups is 2. The van der Waals surface area contributed by atoms with Gasteiger partial charge < -0.3 is 20.1 Å². The quantitative estimate of drug-likeness (QED) is 0.636. The van der Waals surface area contributed by atoms with Crippen LogP contribution in [0.25, 0.3) is 0 Å². The highest BCUT2D eigenvalue weighted by atomic mass is 16.5. The highest BCUT2D eigenvalue weighted by Gasteiger charge is 2.16. The number of hydrogen-bond acceptors (Lipinski definition) is 4. The van der Waals surface area contributed by atoms with Gasteiger partial charge in [0.1, 0.15) is 5.75 Å². The molecule has 0 saturated carbocycles. The van der Waals surface area contributed by atoms with E-state index in [4.69, 9.17) is 20.1 Å². The summed E-state index contributed by atoms with van der Waals surface area (Å²) in [5.74, 6) is -2.36. The Bertz CT molecular complexity index is 426. The number of aliphatic hydroxyl groups is 1. The molecule has 0 amide bonds. The van der Waals surface area contributed by atoms with Crippen molar-refractivity contribution in [2.24, 2.45) is 0 Å². The lowest BCUT2D eigenvalue weighted by Crippen LogP contribution is -2.09. The molecule has 92 valence electrons. The second kappa shape index (κ2) is 5.86. The van der Waals surface area contributed by atoms with E-state index >= 15 is 0 Å². The van der Waals surface area contributed by atoms with Crippen LogP contribution in [0.4, 0.5) is 0 Å². The summed E-state index contributed by atoms with van der Waals surface area (Å²) in [4.78, 5) is 21.6. The average molecular weight is 240 g/mol. The summed E-state index contributed by atoms with van der Waals surface area (Å²) >= 11 is 0. The van der Waals surface area contributed by atoms with Crippen molar-refractivity contribution in [3.8, 4) is 5.75 Å². The molecule has 0 atom stereocenters. The highest BCUT2D eigenvalue weighted by Crippen LogP contribution is 2.18. The molecule has 1 aromatic carbocycles. The molecule has 3 N–H and O–H groups in total. The first kappa shape index (κ1) is 13.0. The molecular weight excluding hydrogens is 228 g/mol. The Balaban J connectivity index is 2.94. The maximum absolute atomic E-state index is 10.8. The van der Waals surface area contributed by atoms with Gasteiger partial charge in [0.15, 0.2) is 0 Å². The van der Waals surface area contributed by atoms with Gasteiger partial charge in [-0.2, -0.15) is 0 Å². The summed E-state index contributed by atoms with van der Waals surface area (Å²) in [5, 5.41) is 26.2. The van der Waals surface area contributed by atoms with Crippen molar-refractivity contribution in [3.63, 3.8) is 0 Å². The van der Waals surface area contributed by atoms with Crippen LogP contribution in [-0.4, -0.2) is 40.5 Å². The summed E-state index contributed by atoms with van der Waals surface area (Å²) < 4.78 is 5.16. The molecule has 0 bridgehead atoms. The summed E-state index contributed by atoms with van der Waals surface area (Å²) in [6, 6.07) is 3.72. The molecule has 6 nitrogen and oxygen atoms in total. The molecule has 0 unspecified atom stereocenters. The van der Waals surface area contributed by atoms with Crippen molar-refractivity contribution >= 4 is 11.9 Å². The van der Waals surface area contributed by atoms with E-state index in [0.29, 0.717) is 6.42 Å². The zero-order valence-electron chi connectivity index (χ0n) is 8.92. The molecule has 0 saturated heterocycles. The summed E-state index contributed by atoms with van der Waals surface area (Å²) in [6.07, 6.45) is 0.420. The largest absolute Gasteiger partial charge is 0.493 e. The minimum absolute atomic E-state index is 0.0288. The molecule has 0 aromatic heterocycles. The third-order valence-electron chi connectivity index (χ3n) is 2.02. The van der Waals surface area contributed by atoms with Gasteiger partial charge in [0.25, 0.3) is 0 Å². The second-order valence-electron chi connectivity index (χ2n) is 3.24. The van der Waals surface area contributed by atoms with Gasteiger partial charge >= 0.3 is 11.9 Å². The lowest BCUT2D eigenvalue weighted by Gasteiger charge is -2.07. The van der Waals surface area contributed by atoms with Crippen LogP contribution in [-0.2, 0) is 0 Å². The minimum Gasteiger partial charge on any atom is -0.493 e. The highest BCUT2D eigenvalue weighted by molar-refractivity contribution is 6.01. The number of benzene rings is 1. The van der Waals surface area contributed by atoms with Crippen molar-refractivity contribution in [2.75, 3.05) is 13.2 Å². The zero-order chi connectivity index (χ0) is 12.8. The van der Waals surface area contributed by atoms with Crippen LogP contribution >= 0.6 is 0 Å². The van der Waals surface area contributed by atoms with Crippen LogP contribution in [0.15, 0.2) is 18.2 Å². The molecule has 1 rings (SSSR count). The van der Waals surface area contributed by atoms with E-state index in [1.807, 2.05) is 0 Å². The molecule has 17 heavy (non-hydrogen) atoms. The van der Waals surface area contributed by atoms with Crippen molar-refractivity contribution < 1.29 is 29.6 Å². The van der Waals surface area contributed by atoms with Crippen molar-refractivity contribution in [1.29, 1.82) is 0 Å². The number of ether oxygens (including phenoxy) is 1. The topological polar surface area (TPSA) is 104 Å². The van der Waals surface area contributed by atoms with Crippen LogP contribution < -0.4 is 4.74 Å². The van der Waals surface area contributed by atoms with Crippen LogP contribution in [0.3, 0.4) is 0 Å². The number of carboxylic acids is 2. The summed E-state index contributed by atoms with van der Waals surface area (Å²) in [5.41, 5.74) is -0.606. The van der Waals surface area contributed by atoms with Crippen molar-refractivity contribution in [1.82, 2.24) is 0 Å². The third-order valence-corrected chi connectivity index (χ3v) is 2.02. The van der Waals surface area contributed by atoms with E-state index in [9.17, 15) is 9.59 Å². The molecule has 0 radical (unpaired) electrons. The fourth-order valence-corrected chi connectivity index (χ4v) is 1.23. The Hall–Kier alpha value is -2.08. The lowest BCUT2D eigenvalue weighted by atomic mass is 10.1. The van der Waals surface area contributed by atoms with Gasteiger partial charge in [0.05, 0.1) is 17.7 Å². The van der Waals surface area contributed by atoms with E-state index in [1.54, 1.807) is 0 Å². The predicted octanol–water partition coefficient (Wildman–Crippen LogP) is 0.844. The average Bonchev–Trinajstić information content (AvgIpc) is 2.29. The maximum Gasteiger partial charge on any atom is 0.336 e. The second-order valence-corrected chi connectivity index (χ2v) is 3.24. The van der Waals surface area contributed by atoms with Gasteiger partial charge in [-0.15, -0.1) is 0 Å². The van der Waals surface area contributed by atoms with E-state index in [2.05, 4.69) is 0 Å². The van der Waals surface area contributed by atoms with Gasteiger partial charge in [-0.05, 0) is 18.2 Å². The molecule has 0 aliphatic rings. The molecule has 0 aliphatic heterocycles. The smallest absolute Gasteiger partial charge is 0.336 e. The molecule has 0 aliphatic carbocycles. The fraction of sp³-hybridized carbons (Fsp3) is 0.273. The lowest BCUT2D eigenvalue weighted by molar-refractivity contribution is 0.0651. The Kier molecular flexibility index (Phi) is 4.47. The van der Waals surface area contributed by atoms with Gasteiger partial charge in [-0.1, -0.05) is 0 Å². The first-order valence-corrected chi connectivity index (χ1v) is 4.90. The van der Waals surface area contributed by atoms with Crippen molar-refractivity contribution in [3.05, 3.63) is 29.3 Å². The van der Waals surface area contributed by atoms with Crippen molar-refractivity contribution in [2.45, 2.75) is 6.42 Å². The first-order valence-electron chi connectivity index (χ1n) is 4.90. The molecule has 0 spiro atoms. The maximum atomic E-state index is 10.8. The standard InChI is InChI=1S/C11H12O6/c12-4-1-5-17-7-2-3-8(10(13)14)9(6-7)11(15)16/h2-3,6,12H,1,4-5H2,(H,13,14)(H,15,16). The predicted molar refractivity (Wildman–Crippen MR) is 57.6 cm³/mol. The number of carboxylic acid groups (broad SMARTS) is 2. The molecule has 6 heteroatoms. The number of aromatic carboxylic acids is 2. The van der Waals surface area contributed by atoms with Crippen LogP contribution in [0.1, 0.15) is 27.1 Å². The molecule has 0 fully saturated rings. The van der Waals surface area contributed by atoms with E-state index < -0.39 is 11.9 Å². The number of aliphatic hydroxyl groups excluding tert-OH is 1. The Labute approximate surface area is 97.1 Å². The van der Waals surface area contributed by atoms with Gasteiger partial charge in [0.2, 0.25) is 0 Å². The van der Waals surface area contributed by atoms with E-state index in [1.165, 1.54) is 12.1 Å². The van der Waals surface area contributed by atoms with Gasteiger partial charge in [-0.25, -0.2) is 9.59 Å². The Morgan fingerprint density at radius 3 is 2.29 bits per heavy atom. The van der Waals surface area contributed by atoms with Crippen LogP contribution in [0.2, 0.25) is 0 Å². The van der Waals surface area contributed by atoms with Gasteiger partial charge in [-0.3, -0.25) is 0 Å². The Morgan fingerprint density at radius 2 is 1.76 bits per heavy atom. The fourth-order valence-electron chi connectivity index (χ4n) is 1.23. The summed E-state index contributed by atoms with van der Waals surface area (Å²) in [7, 11) is 0. The zero-order valence-corrected chi connectivity index (χ0v) is 8.92. The number of rotatable bonds is 6. The third kappa shape index (κ3) is 3.46. The minimum atomic E-state index is -1.32. The normalized spacial score (nSPS) is 9.94. The van der Waals surface area contributed by atoms with Gasteiger partial charge in [0, 0.05) is 13.0 Å². The van der Waals surface area contributed by atoms with Crippen LogP contribution in [0.5, 0.6) is 5.75 Å². The van der Waals surface area contributed by atoms with E-state index in [0.717, 1.165) is 6.07 Å². The Morgan fingerprint density at radius 1 is 1.12 bits per heavy atom. The summed E-state index contributed by atoms with van der Waals surface area (Å²) in [6.45, 7) is 0.209. The molecule has 0 heterocycles. The SMILES string of the molecule is O=C(O)c1ccc(OCCCO)cc1C(=O)O. The van der Waals surface area contributed by atoms with E-state index in [-0.39, 0.29) is 30.1 Å². The molecule has 1 aromatic rings. The monoisotopic (exact) mass is 240 g/mol. The number of hydrogen-bond donors (Lipinski definition) is 3. The molecular formula is C11H12O6. The first-order chi connectivity index (χ1) is 8.06.